The average molecular weight is 400 g/mol. The largest absolute Gasteiger partial charge is 0.349 e. The van der Waals surface area contributed by atoms with Crippen molar-refractivity contribution in [2.45, 2.75) is 20.3 Å². The first kappa shape index (κ1) is 21.6. The highest BCUT2D eigenvalue weighted by Gasteiger charge is 2.16. The van der Waals surface area contributed by atoms with Crippen LogP contribution in [0.3, 0.4) is 0 Å². The first-order chi connectivity index (χ1) is 13.2. The van der Waals surface area contributed by atoms with E-state index in [-0.39, 0.29) is 18.3 Å². The number of halogens is 1. The molecule has 0 saturated heterocycles. The summed E-state index contributed by atoms with van der Waals surface area (Å²) in [7, 11) is 0. The van der Waals surface area contributed by atoms with Gasteiger partial charge in [0.2, 0.25) is 0 Å². The fraction of sp³-hybridized carbons (Fsp3) is 0.286. The first-order valence-corrected chi connectivity index (χ1v) is 9.27. The highest BCUT2D eigenvalue weighted by molar-refractivity contribution is 5.93. The Morgan fingerprint density at radius 3 is 2.32 bits per heavy atom. The SMILES string of the molecule is CCCNCCNC(=O)c1nnn(-c2ccc(-c3ccccc3)cc2)c1C.Cl. The smallest absolute Gasteiger partial charge is 0.273 e. The number of benzene rings is 2. The van der Waals surface area contributed by atoms with Crippen molar-refractivity contribution >= 4 is 18.3 Å². The molecule has 28 heavy (non-hydrogen) atoms. The van der Waals surface area contributed by atoms with Crippen molar-refractivity contribution in [3.63, 3.8) is 0 Å². The first-order valence-electron chi connectivity index (χ1n) is 9.27. The molecule has 1 aromatic heterocycles. The van der Waals surface area contributed by atoms with Crippen LogP contribution in [0.5, 0.6) is 0 Å². The number of carbonyl (C=O) groups is 1. The van der Waals surface area contributed by atoms with E-state index in [0.29, 0.717) is 12.2 Å². The van der Waals surface area contributed by atoms with Crippen LogP contribution in [0.25, 0.3) is 16.8 Å². The molecule has 0 aliphatic rings. The molecule has 3 aromatic rings. The van der Waals surface area contributed by atoms with Crippen LogP contribution in [0.4, 0.5) is 0 Å². The van der Waals surface area contributed by atoms with Crippen LogP contribution in [0.15, 0.2) is 54.6 Å². The van der Waals surface area contributed by atoms with Gasteiger partial charge in [0.05, 0.1) is 11.4 Å². The fourth-order valence-corrected chi connectivity index (χ4v) is 2.86. The molecule has 6 nitrogen and oxygen atoms in total. The highest BCUT2D eigenvalue weighted by atomic mass is 35.5. The normalized spacial score (nSPS) is 10.4. The van der Waals surface area contributed by atoms with Crippen molar-refractivity contribution in [3.8, 4) is 16.8 Å². The number of nitrogens with one attached hydrogen (secondary N) is 2. The molecule has 0 atom stereocenters. The Morgan fingerprint density at radius 1 is 0.964 bits per heavy atom. The number of nitrogens with zero attached hydrogens (tertiary/aromatic N) is 3. The molecule has 0 unspecified atom stereocenters. The van der Waals surface area contributed by atoms with Gasteiger partial charge < -0.3 is 10.6 Å². The second-order valence-electron chi connectivity index (χ2n) is 6.35. The van der Waals surface area contributed by atoms with Crippen LogP contribution < -0.4 is 10.6 Å². The van der Waals surface area contributed by atoms with Crippen molar-refractivity contribution in [2.75, 3.05) is 19.6 Å². The monoisotopic (exact) mass is 399 g/mol. The Kier molecular flexibility index (Phi) is 8.17. The van der Waals surface area contributed by atoms with E-state index in [1.54, 1.807) is 4.68 Å². The number of aromatic nitrogens is 3. The van der Waals surface area contributed by atoms with E-state index in [4.69, 9.17) is 0 Å². The molecule has 1 heterocycles. The standard InChI is InChI=1S/C21H25N5O.ClH/c1-3-13-22-14-15-23-21(27)20-16(2)26(25-24-20)19-11-9-18(10-12-19)17-7-5-4-6-8-17;/h4-12,22H,3,13-15H2,1-2H3,(H,23,27);1H. The van der Waals surface area contributed by atoms with Crippen LogP contribution >= 0.6 is 12.4 Å². The third-order valence-corrected chi connectivity index (χ3v) is 4.34. The molecule has 0 aliphatic heterocycles. The van der Waals surface area contributed by atoms with Gasteiger partial charge in [-0.3, -0.25) is 4.79 Å². The Hall–Kier alpha value is -2.70. The number of carbonyl (C=O) groups excluding carboxylic acids is 1. The van der Waals surface area contributed by atoms with E-state index in [0.717, 1.165) is 42.0 Å². The molecule has 2 aromatic carbocycles. The van der Waals surface area contributed by atoms with E-state index in [1.165, 1.54) is 0 Å². The molecule has 0 fully saturated rings. The minimum absolute atomic E-state index is 0. The summed E-state index contributed by atoms with van der Waals surface area (Å²) in [5.74, 6) is -0.196. The van der Waals surface area contributed by atoms with Crippen molar-refractivity contribution in [2.24, 2.45) is 0 Å². The minimum Gasteiger partial charge on any atom is -0.349 e. The van der Waals surface area contributed by atoms with Crippen molar-refractivity contribution in [1.29, 1.82) is 0 Å². The van der Waals surface area contributed by atoms with Gasteiger partial charge in [-0.2, -0.15) is 0 Å². The summed E-state index contributed by atoms with van der Waals surface area (Å²) in [4.78, 5) is 12.3. The average Bonchev–Trinajstić information content (AvgIpc) is 3.10. The lowest BCUT2D eigenvalue weighted by Crippen LogP contribution is -2.32. The number of amides is 1. The van der Waals surface area contributed by atoms with E-state index in [9.17, 15) is 4.79 Å². The maximum absolute atomic E-state index is 12.3. The van der Waals surface area contributed by atoms with E-state index in [1.807, 2.05) is 49.4 Å². The summed E-state index contributed by atoms with van der Waals surface area (Å²) >= 11 is 0. The molecule has 0 saturated carbocycles. The maximum atomic E-state index is 12.3. The van der Waals surface area contributed by atoms with Crippen LogP contribution in [-0.2, 0) is 0 Å². The maximum Gasteiger partial charge on any atom is 0.273 e. The molecule has 3 rings (SSSR count). The highest BCUT2D eigenvalue weighted by Crippen LogP contribution is 2.21. The summed E-state index contributed by atoms with van der Waals surface area (Å²) in [5, 5.41) is 14.4. The van der Waals surface area contributed by atoms with Gasteiger partial charge in [-0.1, -0.05) is 54.6 Å². The quantitative estimate of drug-likeness (QED) is 0.569. The lowest BCUT2D eigenvalue weighted by atomic mass is 10.1. The molecule has 1 amide bonds. The second-order valence-corrected chi connectivity index (χ2v) is 6.35. The van der Waals surface area contributed by atoms with Crippen molar-refractivity contribution < 1.29 is 4.79 Å². The van der Waals surface area contributed by atoms with Gasteiger partial charge in [0.15, 0.2) is 5.69 Å². The van der Waals surface area contributed by atoms with Crippen LogP contribution in [-0.4, -0.2) is 40.5 Å². The Labute approximate surface area is 171 Å². The Balaban J connectivity index is 0.00000280. The van der Waals surface area contributed by atoms with E-state index in [2.05, 4.69) is 40.0 Å². The van der Waals surface area contributed by atoms with Gasteiger partial charge in [0.1, 0.15) is 0 Å². The van der Waals surface area contributed by atoms with Gasteiger partial charge in [-0.05, 0) is 43.1 Å². The predicted molar refractivity (Wildman–Crippen MR) is 114 cm³/mol. The third-order valence-electron chi connectivity index (χ3n) is 4.34. The van der Waals surface area contributed by atoms with Crippen LogP contribution in [0.1, 0.15) is 29.5 Å². The Bertz CT molecular complexity index is 878. The summed E-state index contributed by atoms with van der Waals surface area (Å²) in [6.07, 6.45) is 1.07. The third kappa shape index (κ3) is 5.18. The lowest BCUT2D eigenvalue weighted by Gasteiger charge is -2.07. The van der Waals surface area contributed by atoms with Crippen LogP contribution in [0.2, 0.25) is 0 Å². The van der Waals surface area contributed by atoms with Crippen LogP contribution in [0, 0.1) is 6.92 Å². The zero-order valence-corrected chi connectivity index (χ0v) is 17.0. The van der Waals surface area contributed by atoms with Crippen molar-refractivity contribution in [1.82, 2.24) is 25.6 Å². The summed E-state index contributed by atoms with van der Waals surface area (Å²) in [6.45, 7) is 6.23. The predicted octanol–water partition coefficient (Wildman–Crippen LogP) is 3.39. The minimum atomic E-state index is -0.196. The number of hydrogen-bond donors (Lipinski definition) is 2. The number of hydrogen-bond acceptors (Lipinski definition) is 4. The molecule has 0 aliphatic carbocycles. The second kappa shape index (κ2) is 10.6. The molecule has 7 heteroatoms. The van der Waals surface area contributed by atoms with Gasteiger partial charge in [-0.25, -0.2) is 4.68 Å². The zero-order chi connectivity index (χ0) is 19.1. The van der Waals surface area contributed by atoms with Crippen molar-refractivity contribution in [3.05, 3.63) is 66.0 Å². The molecule has 0 radical (unpaired) electrons. The van der Waals surface area contributed by atoms with Gasteiger partial charge in [0.25, 0.3) is 5.91 Å². The summed E-state index contributed by atoms with van der Waals surface area (Å²) in [6, 6.07) is 18.3. The fourth-order valence-electron chi connectivity index (χ4n) is 2.86. The molecule has 0 spiro atoms. The van der Waals surface area contributed by atoms with E-state index < -0.39 is 0 Å². The zero-order valence-electron chi connectivity index (χ0n) is 16.2. The number of rotatable bonds is 8. The van der Waals surface area contributed by atoms with Gasteiger partial charge in [0, 0.05) is 13.1 Å². The lowest BCUT2D eigenvalue weighted by molar-refractivity contribution is 0.0948. The molecule has 148 valence electrons. The van der Waals surface area contributed by atoms with Gasteiger partial charge >= 0.3 is 0 Å². The van der Waals surface area contributed by atoms with E-state index >= 15 is 0 Å². The summed E-state index contributed by atoms with van der Waals surface area (Å²) < 4.78 is 1.69. The molecular formula is C21H26ClN5O. The molecule has 2 N–H and O–H groups in total. The molecule has 0 bridgehead atoms. The van der Waals surface area contributed by atoms with Gasteiger partial charge in [-0.15, -0.1) is 17.5 Å². The topological polar surface area (TPSA) is 71.8 Å². The summed E-state index contributed by atoms with van der Waals surface area (Å²) in [5.41, 5.74) is 4.26. The Morgan fingerprint density at radius 2 is 1.64 bits per heavy atom. The molecular weight excluding hydrogens is 374 g/mol.